The summed E-state index contributed by atoms with van der Waals surface area (Å²) in [6.45, 7) is 9.58. The van der Waals surface area contributed by atoms with Crippen molar-refractivity contribution in [3.05, 3.63) is 281 Å². The monoisotopic (exact) mass is 869 g/mol. The molecule has 0 fully saturated rings. The molecule has 68 heavy (non-hydrogen) atoms. The van der Waals surface area contributed by atoms with Gasteiger partial charge in [-0.15, -0.1) is 0 Å². The third-order valence-electron chi connectivity index (χ3n) is 15.8. The van der Waals surface area contributed by atoms with Crippen molar-refractivity contribution in [1.29, 1.82) is 0 Å². The fourth-order valence-corrected chi connectivity index (χ4v) is 12.4. The maximum Gasteiger partial charge on any atom is 0.0714 e. The summed E-state index contributed by atoms with van der Waals surface area (Å²) in [4.78, 5) is 2.53. The maximum atomic E-state index is 2.53. The van der Waals surface area contributed by atoms with Gasteiger partial charge in [0.1, 0.15) is 0 Å². The van der Waals surface area contributed by atoms with Crippen molar-refractivity contribution in [1.82, 2.24) is 0 Å². The Labute approximate surface area is 400 Å². The molecule has 0 amide bonds. The minimum Gasteiger partial charge on any atom is -0.310 e. The summed E-state index contributed by atoms with van der Waals surface area (Å²) in [5.41, 5.74) is 25.9. The Hall–Kier alpha value is -8.00. The van der Waals surface area contributed by atoms with Gasteiger partial charge < -0.3 is 4.90 Å². The first kappa shape index (κ1) is 40.3. The number of hydrogen-bond donors (Lipinski definition) is 0. The molecule has 3 aliphatic rings. The molecule has 0 N–H and O–H groups in total. The first-order valence-corrected chi connectivity index (χ1v) is 24.1. The molecule has 3 aliphatic carbocycles. The second-order valence-electron chi connectivity index (χ2n) is 20.1. The second kappa shape index (κ2) is 15.0. The van der Waals surface area contributed by atoms with E-state index in [1.165, 1.54) is 100 Å². The van der Waals surface area contributed by atoms with Gasteiger partial charge in [-0.3, -0.25) is 0 Å². The van der Waals surface area contributed by atoms with Gasteiger partial charge in [0.2, 0.25) is 0 Å². The fraction of sp³-hybridized carbons (Fsp3) is 0.104. The number of benzene rings is 10. The Morgan fingerprint density at radius 1 is 0.250 bits per heavy atom. The quantitative estimate of drug-likeness (QED) is 0.154. The molecule has 0 unspecified atom stereocenters. The van der Waals surface area contributed by atoms with Crippen molar-refractivity contribution in [2.45, 2.75) is 43.9 Å². The lowest BCUT2D eigenvalue weighted by Gasteiger charge is -2.35. The minimum atomic E-state index is -0.515. The predicted octanol–water partition coefficient (Wildman–Crippen LogP) is 17.5. The normalized spacial score (nSPS) is 14.8. The van der Waals surface area contributed by atoms with Crippen LogP contribution < -0.4 is 4.90 Å². The van der Waals surface area contributed by atoms with E-state index in [9.17, 15) is 0 Å². The van der Waals surface area contributed by atoms with E-state index < -0.39 is 5.41 Å². The van der Waals surface area contributed by atoms with E-state index in [0.717, 1.165) is 17.1 Å². The molecule has 0 saturated heterocycles. The van der Waals surface area contributed by atoms with Crippen molar-refractivity contribution in [2.75, 3.05) is 4.90 Å². The highest BCUT2D eigenvalue weighted by Gasteiger charge is 2.46. The van der Waals surface area contributed by atoms with E-state index in [-0.39, 0.29) is 10.8 Å². The van der Waals surface area contributed by atoms with Gasteiger partial charge in [0.05, 0.1) is 5.41 Å². The molecule has 1 heteroatoms. The molecule has 10 aromatic rings. The summed E-state index contributed by atoms with van der Waals surface area (Å²) in [7, 11) is 0. The summed E-state index contributed by atoms with van der Waals surface area (Å²) in [5, 5.41) is 0. The maximum absolute atomic E-state index is 2.53. The van der Waals surface area contributed by atoms with Crippen molar-refractivity contribution < 1.29 is 0 Å². The molecule has 0 aliphatic heterocycles. The third kappa shape index (κ3) is 5.82. The van der Waals surface area contributed by atoms with Crippen LogP contribution in [0.5, 0.6) is 0 Å². The fourth-order valence-electron chi connectivity index (χ4n) is 12.4. The molecule has 0 radical (unpaired) electrons. The van der Waals surface area contributed by atoms with Crippen LogP contribution in [-0.4, -0.2) is 0 Å². The topological polar surface area (TPSA) is 3.24 Å². The molecular formula is C67H51N. The molecule has 10 aromatic carbocycles. The Morgan fingerprint density at radius 3 is 1.13 bits per heavy atom. The predicted molar refractivity (Wildman–Crippen MR) is 284 cm³/mol. The first-order valence-electron chi connectivity index (χ1n) is 24.1. The first-order chi connectivity index (χ1) is 33.2. The van der Waals surface area contributed by atoms with E-state index in [1.807, 2.05) is 0 Å². The molecule has 13 rings (SSSR count). The second-order valence-corrected chi connectivity index (χ2v) is 20.1. The standard InChI is InChI=1S/C67H51N/c1-65(2)59-26-16-14-24-53(59)56-37-33-50(41-62(56)65)68(52-35-39-58-54-25-15-17-27-60(54)67(64(58)43-52,48-20-10-6-11-21-48)49-22-12-7-13-23-49)51-34-38-57-55-36-32-47(40-61(55)66(3,4)63(57)42-51)46-30-28-45(29-31-46)44-18-8-5-9-19-44/h5-43H,1-4H3. The number of anilines is 3. The third-order valence-corrected chi connectivity index (χ3v) is 15.8. The van der Waals surface area contributed by atoms with Gasteiger partial charge in [-0.25, -0.2) is 0 Å². The van der Waals surface area contributed by atoms with Crippen LogP contribution >= 0.6 is 0 Å². The van der Waals surface area contributed by atoms with E-state index in [2.05, 4.69) is 269 Å². The molecule has 0 atom stereocenters. The number of nitrogens with zero attached hydrogens (tertiary/aromatic N) is 1. The van der Waals surface area contributed by atoms with Crippen LogP contribution in [0.1, 0.15) is 72.2 Å². The highest BCUT2D eigenvalue weighted by atomic mass is 15.1. The Morgan fingerprint density at radius 2 is 0.588 bits per heavy atom. The van der Waals surface area contributed by atoms with Crippen molar-refractivity contribution in [2.24, 2.45) is 0 Å². The zero-order chi connectivity index (χ0) is 45.8. The molecule has 0 saturated carbocycles. The zero-order valence-corrected chi connectivity index (χ0v) is 39.0. The van der Waals surface area contributed by atoms with Gasteiger partial charge in [-0.05, 0) is 143 Å². The van der Waals surface area contributed by atoms with Crippen molar-refractivity contribution >= 4 is 17.1 Å². The Bertz CT molecular complexity index is 3560. The summed E-state index contributed by atoms with van der Waals surface area (Å²) in [6, 6.07) is 88.7. The van der Waals surface area contributed by atoms with Crippen LogP contribution in [-0.2, 0) is 16.2 Å². The largest absolute Gasteiger partial charge is 0.310 e. The van der Waals surface area contributed by atoms with Crippen LogP contribution in [0, 0.1) is 0 Å². The average molecular weight is 870 g/mol. The smallest absolute Gasteiger partial charge is 0.0714 e. The van der Waals surface area contributed by atoms with Crippen LogP contribution in [0.4, 0.5) is 17.1 Å². The summed E-state index contributed by atoms with van der Waals surface area (Å²) in [6.07, 6.45) is 0. The highest BCUT2D eigenvalue weighted by molar-refractivity contribution is 5.92. The van der Waals surface area contributed by atoms with E-state index >= 15 is 0 Å². The molecule has 0 heterocycles. The van der Waals surface area contributed by atoms with Crippen LogP contribution in [0.15, 0.2) is 237 Å². The van der Waals surface area contributed by atoms with Gasteiger partial charge in [0.15, 0.2) is 0 Å². The summed E-state index contributed by atoms with van der Waals surface area (Å²) < 4.78 is 0. The molecule has 1 nitrogen and oxygen atoms in total. The van der Waals surface area contributed by atoms with Crippen LogP contribution in [0.2, 0.25) is 0 Å². The number of rotatable bonds is 7. The molecule has 0 bridgehead atoms. The number of hydrogen-bond acceptors (Lipinski definition) is 1. The lowest BCUT2D eigenvalue weighted by Crippen LogP contribution is -2.28. The number of fused-ring (bicyclic) bond motifs is 9. The summed E-state index contributed by atoms with van der Waals surface area (Å²) >= 11 is 0. The van der Waals surface area contributed by atoms with Crippen molar-refractivity contribution in [3.63, 3.8) is 0 Å². The van der Waals surface area contributed by atoms with E-state index in [4.69, 9.17) is 0 Å². The van der Waals surface area contributed by atoms with Gasteiger partial charge in [-0.2, -0.15) is 0 Å². The van der Waals surface area contributed by atoms with Gasteiger partial charge >= 0.3 is 0 Å². The minimum absolute atomic E-state index is 0.149. The van der Waals surface area contributed by atoms with Gasteiger partial charge in [-0.1, -0.05) is 222 Å². The average Bonchev–Trinajstić information content (AvgIpc) is 3.91. The highest BCUT2D eigenvalue weighted by Crippen LogP contribution is 2.59. The lowest BCUT2D eigenvalue weighted by molar-refractivity contribution is 0.660. The SMILES string of the molecule is CC1(C)c2ccccc2-c2ccc(N(c3ccc4c(c3)C(C)(C)c3cc(-c5ccc(-c6ccccc6)cc5)ccc3-4)c3ccc4c(c3)C(c3ccccc3)(c3ccccc3)c3ccccc3-4)cc21. The zero-order valence-electron chi connectivity index (χ0n) is 39.0. The van der Waals surface area contributed by atoms with Gasteiger partial charge in [0.25, 0.3) is 0 Å². The van der Waals surface area contributed by atoms with Crippen LogP contribution in [0.3, 0.4) is 0 Å². The Kier molecular flexibility index (Phi) is 8.89. The van der Waals surface area contributed by atoms with E-state index in [1.54, 1.807) is 0 Å². The van der Waals surface area contributed by atoms with Crippen molar-refractivity contribution in [3.8, 4) is 55.6 Å². The molecule has 0 spiro atoms. The van der Waals surface area contributed by atoms with E-state index in [0.29, 0.717) is 0 Å². The van der Waals surface area contributed by atoms with Crippen LogP contribution in [0.25, 0.3) is 55.6 Å². The van der Waals surface area contributed by atoms with Gasteiger partial charge in [0, 0.05) is 27.9 Å². The molecule has 324 valence electrons. The lowest BCUT2D eigenvalue weighted by atomic mass is 9.67. The molecular weight excluding hydrogens is 819 g/mol. The molecule has 0 aromatic heterocycles. The Balaban J connectivity index is 0.985. The summed E-state index contributed by atoms with van der Waals surface area (Å²) in [5.74, 6) is 0.